The van der Waals surface area contributed by atoms with Gasteiger partial charge in [0.15, 0.2) is 23.3 Å². The lowest BCUT2D eigenvalue weighted by Gasteiger charge is -2.32. The molecule has 8 heteroatoms. The summed E-state index contributed by atoms with van der Waals surface area (Å²) in [6.07, 6.45) is 1.20. The third kappa shape index (κ3) is 2.79. The molecule has 1 fully saturated rings. The molecule has 1 aromatic rings. The lowest BCUT2D eigenvalue weighted by atomic mass is 9.96. The Kier molecular flexibility index (Phi) is 4.33. The topological polar surface area (TPSA) is 83.3 Å². The van der Waals surface area contributed by atoms with Crippen molar-refractivity contribution in [2.75, 3.05) is 30.5 Å². The number of carbonyl (C=O) groups is 1. The van der Waals surface area contributed by atoms with E-state index in [1.165, 1.54) is 0 Å². The predicted octanol–water partition coefficient (Wildman–Crippen LogP) is 0.608. The molecule has 110 valence electrons. The van der Waals surface area contributed by atoms with Crippen molar-refractivity contribution in [1.29, 1.82) is 0 Å². The summed E-state index contributed by atoms with van der Waals surface area (Å²) in [6.45, 7) is 0.968. The lowest BCUT2D eigenvalue weighted by Crippen LogP contribution is -2.40. The van der Waals surface area contributed by atoms with Gasteiger partial charge in [0.2, 0.25) is 5.91 Å². The van der Waals surface area contributed by atoms with E-state index in [0.717, 1.165) is 6.07 Å². The first-order valence-corrected chi connectivity index (χ1v) is 6.36. The van der Waals surface area contributed by atoms with E-state index in [4.69, 9.17) is 5.84 Å². The molecule has 1 saturated heterocycles. The number of piperidine rings is 1. The Balaban J connectivity index is 2.12. The highest BCUT2D eigenvalue weighted by molar-refractivity contribution is 5.78. The summed E-state index contributed by atoms with van der Waals surface area (Å²) in [5.74, 6) is 3.32. The quantitative estimate of drug-likeness (QED) is 0.560. The number of nitrogens with one attached hydrogen (secondary N) is 2. The standard InChI is InChI=1S/C12H17F2N5O/c1-16-12(20)7-2-4-19(5-3-7)11-9(14)6-8(13)10(17-11)18-15/h6-7H,2-5,15H2,1H3,(H,16,20)(H,17,18). The van der Waals surface area contributed by atoms with Crippen LogP contribution in [-0.2, 0) is 4.79 Å². The number of hydrogen-bond acceptors (Lipinski definition) is 5. The van der Waals surface area contributed by atoms with Crippen molar-refractivity contribution in [2.45, 2.75) is 12.8 Å². The first kappa shape index (κ1) is 14.4. The summed E-state index contributed by atoms with van der Waals surface area (Å²) in [6, 6.07) is 0.752. The number of nitrogen functional groups attached to an aromatic ring is 1. The molecule has 0 aromatic carbocycles. The van der Waals surface area contributed by atoms with Gasteiger partial charge in [0.25, 0.3) is 0 Å². The predicted molar refractivity (Wildman–Crippen MR) is 71.0 cm³/mol. The molecule has 0 radical (unpaired) electrons. The van der Waals surface area contributed by atoms with Gasteiger partial charge >= 0.3 is 0 Å². The SMILES string of the molecule is CNC(=O)C1CCN(c2nc(NN)c(F)cc2F)CC1. The fraction of sp³-hybridized carbons (Fsp3) is 0.500. The van der Waals surface area contributed by atoms with Gasteiger partial charge in [-0.15, -0.1) is 0 Å². The minimum absolute atomic E-state index is 0.0125. The zero-order valence-electron chi connectivity index (χ0n) is 11.1. The third-order valence-corrected chi connectivity index (χ3v) is 3.46. The summed E-state index contributed by atoms with van der Waals surface area (Å²) in [4.78, 5) is 17.1. The van der Waals surface area contributed by atoms with E-state index < -0.39 is 11.6 Å². The van der Waals surface area contributed by atoms with Crippen LogP contribution >= 0.6 is 0 Å². The number of hydrazine groups is 1. The molecule has 1 aromatic heterocycles. The Morgan fingerprint density at radius 2 is 2.05 bits per heavy atom. The summed E-state index contributed by atoms with van der Waals surface area (Å²) < 4.78 is 27.1. The Hall–Kier alpha value is -1.96. The smallest absolute Gasteiger partial charge is 0.222 e. The molecule has 0 saturated carbocycles. The molecule has 0 spiro atoms. The van der Waals surface area contributed by atoms with Crippen LogP contribution in [0.25, 0.3) is 0 Å². The number of halogens is 2. The van der Waals surface area contributed by atoms with E-state index in [1.54, 1.807) is 11.9 Å². The van der Waals surface area contributed by atoms with E-state index in [-0.39, 0.29) is 23.5 Å². The van der Waals surface area contributed by atoms with Crippen LogP contribution in [-0.4, -0.2) is 31.0 Å². The van der Waals surface area contributed by atoms with Crippen molar-refractivity contribution in [1.82, 2.24) is 10.3 Å². The van der Waals surface area contributed by atoms with Gasteiger partial charge in [-0.1, -0.05) is 0 Å². The normalized spacial score (nSPS) is 16.1. The van der Waals surface area contributed by atoms with Crippen molar-refractivity contribution in [3.8, 4) is 0 Å². The molecule has 1 aliphatic rings. The fourth-order valence-electron chi connectivity index (χ4n) is 2.34. The van der Waals surface area contributed by atoms with E-state index in [2.05, 4.69) is 15.7 Å². The number of nitrogens with zero attached hydrogens (tertiary/aromatic N) is 2. The van der Waals surface area contributed by atoms with Crippen LogP contribution in [0.1, 0.15) is 12.8 Å². The highest BCUT2D eigenvalue weighted by atomic mass is 19.1. The second kappa shape index (κ2) is 6.00. The maximum absolute atomic E-state index is 13.8. The average molecular weight is 285 g/mol. The molecule has 0 atom stereocenters. The van der Waals surface area contributed by atoms with Gasteiger partial charge in [-0.3, -0.25) is 4.79 Å². The first-order chi connectivity index (χ1) is 9.56. The average Bonchev–Trinajstić information content (AvgIpc) is 2.47. The van der Waals surface area contributed by atoms with Crippen molar-refractivity contribution in [2.24, 2.45) is 11.8 Å². The molecule has 4 N–H and O–H groups in total. The molecular weight excluding hydrogens is 268 g/mol. The number of nitrogens with two attached hydrogens (primary N) is 1. The highest BCUT2D eigenvalue weighted by Gasteiger charge is 2.27. The third-order valence-electron chi connectivity index (χ3n) is 3.46. The highest BCUT2D eigenvalue weighted by Crippen LogP contribution is 2.26. The zero-order valence-corrected chi connectivity index (χ0v) is 11.1. The van der Waals surface area contributed by atoms with Crippen LogP contribution in [0.15, 0.2) is 6.07 Å². The number of anilines is 2. The minimum Gasteiger partial charge on any atom is -0.359 e. The summed E-state index contributed by atoms with van der Waals surface area (Å²) in [5.41, 5.74) is 2.09. The number of pyridine rings is 1. The van der Waals surface area contributed by atoms with Crippen LogP contribution in [0.3, 0.4) is 0 Å². The van der Waals surface area contributed by atoms with Gasteiger partial charge in [-0.2, -0.15) is 0 Å². The van der Waals surface area contributed by atoms with E-state index in [1.807, 2.05) is 0 Å². The number of hydrogen-bond donors (Lipinski definition) is 3. The van der Waals surface area contributed by atoms with Crippen molar-refractivity contribution in [3.05, 3.63) is 17.7 Å². The molecule has 2 rings (SSSR count). The molecule has 1 aliphatic heterocycles. The zero-order chi connectivity index (χ0) is 14.7. The molecule has 2 heterocycles. The molecule has 0 unspecified atom stereocenters. The van der Waals surface area contributed by atoms with Crippen LogP contribution in [0, 0.1) is 17.6 Å². The van der Waals surface area contributed by atoms with Crippen LogP contribution in [0.5, 0.6) is 0 Å². The largest absolute Gasteiger partial charge is 0.359 e. The van der Waals surface area contributed by atoms with E-state index in [0.29, 0.717) is 25.9 Å². The van der Waals surface area contributed by atoms with Gasteiger partial charge in [0.1, 0.15) is 0 Å². The van der Waals surface area contributed by atoms with Crippen molar-refractivity contribution >= 4 is 17.5 Å². The number of amides is 1. The van der Waals surface area contributed by atoms with Gasteiger partial charge in [0.05, 0.1) is 0 Å². The molecule has 0 bridgehead atoms. The van der Waals surface area contributed by atoms with Crippen molar-refractivity contribution < 1.29 is 13.6 Å². The Labute approximate surface area is 115 Å². The Morgan fingerprint density at radius 1 is 1.40 bits per heavy atom. The monoisotopic (exact) mass is 285 g/mol. The van der Waals surface area contributed by atoms with Crippen LogP contribution in [0.2, 0.25) is 0 Å². The molecule has 6 nitrogen and oxygen atoms in total. The Morgan fingerprint density at radius 3 is 2.60 bits per heavy atom. The second-order valence-electron chi connectivity index (χ2n) is 4.64. The molecule has 20 heavy (non-hydrogen) atoms. The minimum atomic E-state index is -0.839. The van der Waals surface area contributed by atoms with Gasteiger partial charge in [-0.05, 0) is 12.8 Å². The summed E-state index contributed by atoms with van der Waals surface area (Å²) in [5, 5.41) is 2.60. The van der Waals surface area contributed by atoms with Gasteiger partial charge < -0.3 is 15.6 Å². The maximum Gasteiger partial charge on any atom is 0.222 e. The van der Waals surface area contributed by atoms with Gasteiger partial charge in [-0.25, -0.2) is 19.6 Å². The number of rotatable bonds is 3. The summed E-state index contributed by atoms with van der Waals surface area (Å²) in [7, 11) is 1.59. The summed E-state index contributed by atoms with van der Waals surface area (Å²) >= 11 is 0. The van der Waals surface area contributed by atoms with E-state index >= 15 is 0 Å². The van der Waals surface area contributed by atoms with Gasteiger partial charge in [0, 0.05) is 32.1 Å². The second-order valence-corrected chi connectivity index (χ2v) is 4.64. The van der Waals surface area contributed by atoms with E-state index in [9.17, 15) is 13.6 Å². The maximum atomic E-state index is 13.8. The molecule has 1 amide bonds. The fourth-order valence-corrected chi connectivity index (χ4v) is 2.34. The molecular formula is C12H17F2N5O. The van der Waals surface area contributed by atoms with Crippen LogP contribution < -0.4 is 21.5 Å². The van der Waals surface area contributed by atoms with Crippen LogP contribution in [0.4, 0.5) is 20.4 Å². The Bertz CT molecular complexity index is 503. The number of aromatic nitrogens is 1. The number of carbonyl (C=O) groups excluding carboxylic acids is 1. The lowest BCUT2D eigenvalue weighted by molar-refractivity contribution is -0.125. The van der Waals surface area contributed by atoms with Crippen molar-refractivity contribution in [3.63, 3.8) is 0 Å². The first-order valence-electron chi connectivity index (χ1n) is 6.36. The molecule has 0 aliphatic carbocycles.